The molecule has 25 heavy (non-hydrogen) atoms. The lowest BCUT2D eigenvalue weighted by molar-refractivity contribution is 0.0936. The number of halogens is 3. The molecule has 0 aromatic heterocycles. The van der Waals surface area contributed by atoms with E-state index >= 15 is 0 Å². The standard InChI is InChI=1S/C17H16Br3N3OS/c1-11-7-9-13(10-8-11)21-16(25)23-15(17(18,19)20)22-14(24)12-5-3-2-4-6-12/h2-10,15H,1H3,(H,22,24)(H2,21,23,25)/t15-/m0/s1. The highest BCUT2D eigenvalue weighted by atomic mass is 80.0. The summed E-state index contributed by atoms with van der Waals surface area (Å²) in [5, 5.41) is 9.42. The quantitative estimate of drug-likeness (QED) is 0.289. The number of thiocarbonyl (C=S) groups is 1. The molecule has 2 rings (SSSR count). The third kappa shape index (κ3) is 6.69. The molecule has 1 atom stereocenters. The zero-order valence-corrected chi connectivity index (χ0v) is 18.8. The number of benzene rings is 2. The van der Waals surface area contributed by atoms with Crippen molar-refractivity contribution >= 4 is 76.7 Å². The molecule has 0 saturated carbocycles. The average Bonchev–Trinajstić information content (AvgIpc) is 2.56. The summed E-state index contributed by atoms with van der Waals surface area (Å²) < 4.78 is -0.781. The first-order valence-corrected chi connectivity index (χ1v) is 10.1. The molecular weight excluding hydrogens is 534 g/mol. The maximum Gasteiger partial charge on any atom is 0.252 e. The molecule has 0 heterocycles. The van der Waals surface area contributed by atoms with Crippen LogP contribution in [0.15, 0.2) is 54.6 Å². The summed E-state index contributed by atoms with van der Waals surface area (Å²) in [6, 6.07) is 16.8. The molecule has 0 radical (unpaired) electrons. The van der Waals surface area contributed by atoms with Gasteiger partial charge in [0.25, 0.3) is 5.91 Å². The first-order chi connectivity index (χ1) is 11.8. The van der Waals surface area contributed by atoms with Crippen LogP contribution < -0.4 is 16.0 Å². The van der Waals surface area contributed by atoms with Gasteiger partial charge in [0.1, 0.15) is 6.17 Å². The first-order valence-electron chi connectivity index (χ1n) is 7.32. The van der Waals surface area contributed by atoms with E-state index in [0.29, 0.717) is 10.7 Å². The minimum atomic E-state index is -0.781. The second kappa shape index (κ2) is 9.12. The Labute approximate surface area is 177 Å². The summed E-state index contributed by atoms with van der Waals surface area (Å²) in [6.07, 6.45) is -0.564. The van der Waals surface area contributed by atoms with Crippen molar-refractivity contribution < 1.29 is 4.79 Å². The summed E-state index contributed by atoms with van der Waals surface area (Å²) >= 11 is 15.7. The smallest absolute Gasteiger partial charge is 0.252 e. The summed E-state index contributed by atoms with van der Waals surface area (Å²) in [6.45, 7) is 2.02. The van der Waals surface area contributed by atoms with Crippen molar-refractivity contribution in [1.82, 2.24) is 10.6 Å². The fourth-order valence-corrected chi connectivity index (χ4v) is 2.86. The predicted octanol–water partition coefficient (Wildman–Crippen LogP) is 4.88. The number of nitrogens with one attached hydrogen (secondary N) is 3. The zero-order chi connectivity index (χ0) is 18.4. The molecule has 3 N–H and O–H groups in total. The van der Waals surface area contributed by atoms with E-state index in [9.17, 15) is 4.79 Å². The van der Waals surface area contributed by atoms with Gasteiger partial charge >= 0.3 is 0 Å². The summed E-state index contributed by atoms with van der Waals surface area (Å²) in [5.41, 5.74) is 2.59. The molecule has 0 bridgehead atoms. The van der Waals surface area contributed by atoms with E-state index in [1.807, 2.05) is 49.4 Å². The van der Waals surface area contributed by atoms with E-state index in [-0.39, 0.29) is 5.91 Å². The molecule has 8 heteroatoms. The van der Waals surface area contributed by atoms with Crippen molar-refractivity contribution in [3.8, 4) is 0 Å². The van der Waals surface area contributed by atoms with E-state index in [1.54, 1.807) is 12.1 Å². The molecule has 2 aromatic carbocycles. The van der Waals surface area contributed by atoms with Gasteiger partial charge in [0.15, 0.2) is 7.26 Å². The van der Waals surface area contributed by atoms with Gasteiger partial charge < -0.3 is 16.0 Å². The number of alkyl halides is 3. The van der Waals surface area contributed by atoms with Gasteiger partial charge in [0.2, 0.25) is 0 Å². The Balaban J connectivity index is 2.03. The van der Waals surface area contributed by atoms with Gasteiger partial charge in [-0.3, -0.25) is 4.79 Å². The lowest BCUT2D eigenvalue weighted by Gasteiger charge is -2.28. The van der Waals surface area contributed by atoms with E-state index in [1.165, 1.54) is 0 Å². The maximum absolute atomic E-state index is 12.4. The number of hydrogen-bond donors (Lipinski definition) is 3. The highest BCUT2D eigenvalue weighted by molar-refractivity contribution is 9.39. The van der Waals surface area contributed by atoms with Gasteiger partial charge in [0.05, 0.1) is 0 Å². The summed E-state index contributed by atoms with van der Waals surface area (Å²) in [7, 11) is 0. The number of rotatable bonds is 4. The fourth-order valence-electron chi connectivity index (χ4n) is 1.94. The van der Waals surface area contributed by atoms with Crippen LogP contribution in [0.3, 0.4) is 0 Å². The highest BCUT2D eigenvalue weighted by Crippen LogP contribution is 2.36. The van der Waals surface area contributed by atoms with Crippen LogP contribution in [0.5, 0.6) is 0 Å². The molecule has 0 aliphatic carbocycles. The zero-order valence-electron chi connectivity index (χ0n) is 13.2. The summed E-state index contributed by atoms with van der Waals surface area (Å²) in [5.74, 6) is -0.223. The molecule has 4 nitrogen and oxygen atoms in total. The van der Waals surface area contributed by atoms with Crippen LogP contribution in [0.25, 0.3) is 0 Å². The van der Waals surface area contributed by atoms with E-state index in [0.717, 1.165) is 11.3 Å². The molecule has 132 valence electrons. The molecule has 1 amide bonds. The Morgan fingerprint density at radius 2 is 1.60 bits per heavy atom. The predicted molar refractivity (Wildman–Crippen MR) is 118 cm³/mol. The number of carbonyl (C=O) groups is 1. The van der Waals surface area contributed by atoms with Crippen LogP contribution >= 0.6 is 60.0 Å². The van der Waals surface area contributed by atoms with Crippen molar-refractivity contribution in [2.24, 2.45) is 0 Å². The average molecular weight is 550 g/mol. The SMILES string of the molecule is Cc1ccc(NC(=S)N[C@H](NC(=O)c2ccccc2)C(Br)(Br)Br)cc1. The van der Waals surface area contributed by atoms with Gasteiger partial charge in [-0.1, -0.05) is 83.7 Å². The lowest BCUT2D eigenvalue weighted by Crippen LogP contribution is -2.55. The highest BCUT2D eigenvalue weighted by Gasteiger charge is 2.33. The van der Waals surface area contributed by atoms with Crippen LogP contribution in [0.4, 0.5) is 5.69 Å². The van der Waals surface area contributed by atoms with Gasteiger partial charge in [-0.25, -0.2) is 0 Å². The van der Waals surface area contributed by atoms with Crippen LogP contribution in [-0.4, -0.2) is 19.3 Å². The number of amides is 1. The molecule has 2 aromatic rings. The summed E-state index contributed by atoms with van der Waals surface area (Å²) in [4.78, 5) is 12.4. The lowest BCUT2D eigenvalue weighted by atomic mass is 10.2. The largest absolute Gasteiger partial charge is 0.340 e. The van der Waals surface area contributed by atoms with Crippen LogP contribution in [0.1, 0.15) is 15.9 Å². The Morgan fingerprint density at radius 3 is 2.16 bits per heavy atom. The Kier molecular flexibility index (Phi) is 7.42. The monoisotopic (exact) mass is 547 g/mol. The molecule has 0 aliphatic rings. The Hall–Kier alpha value is -0.960. The Bertz CT molecular complexity index is 733. The van der Waals surface area contributed by atoms with Crippen molar-refractivity contribution in [1.29, 1.82) is 0 Å². The van der Waals surface area contributed by atoms with Gasteiger partial charge in [-0.15, -0.1) is 0 Å². The maximum atomic E-state index is 12.4. The third-order valence-corrected chi connectivity index (χ3v) is 4.82. The van der Waals surface area contributed by atoms with E-state index < -0.39 is 8.31 Å². The van der Waals surface area contributed by atoms with Gasteiger partial charge in [-0.05, 0) is 43.4 Å². The minimum Gasteiger partial charge on any atom is -0.340 e. The second-order valence-corrected chi connectivity index (χ2v) is 12.6. The molecule has 0 unspecified atom stereocenters. The van der Waals surface area contributed by atoms with Crippen LogP contribution in [-0.2, 0) is 0 Å². The first kappa shape index (κ1) is 20.4. The number of hydrogen-bond acceptors (Lipinski definition) is 2. The number of anilines is 1. The normalized spacial score (nSPS) is 12.2. The molecule has 0 spiro atoms. The van der Waals surface area contributed by atoms with Crippen LogP contribution in [0, 0.1) is 6.92 Å². The van der Waals surface area contributed by atoms with Crippen molar-refractivity contribution in [2.45, 2.75) is 15.2 Å². The van der Waals surface area contributed by atoms with Gasteiger partial charge in [-0.2, -0.15) is 0 Å². The Morgan fingerprint density at radius 1 is 1.00 bits per heavy atom. The molecule has 0 aliphatic heterocycles. The molecular formula is C17H16Br3N3OS. The third-order valence-electron chi connectivity index (χ3n) is 3.22. The second-order valence-electron chi connectivity index (χ2n) is 5.28. The molecule has 0 saturated heterocycles. The number of aryl methyl sites for hydroxylation is 1. The van der Waals surface area contributed by atoms with Crippen molar-refractivity contribution in [3.63, 3.8) is 0 Å². The van der Waals surface area contributed by atoms with E-state index in [2.05, 4.69) is 63.7 Å². The molecule has 0 fully saturated rings. The van der Waals surface area contributed by atoms with Gasteiger partial charge in [0, 0.05) is 11.3 Å². The fraction of sp³-hybridized carbons (Fsp3) is 0.176. The number of carbonyl (C=O) groups excluding carboxylic acids is 1. The topological polar surface area (TPSA) is 53.2 Å². The van der Waals surface area contributed by atoms with Crippen molar-refractivity contribution in [2.75, 3.05) is 5.32 Å². The van der Waals surface area contributed by atoms with Crippen LogP contribution in [0.2, 0.25) is 0 Å². The van der Waals surface area contributed by atoms with Crippen molar-refractivity contribution in [3.05, 3.63) is 65.7 Å². The van der Waals surface area contributed by atoms with E-state index in [4.69, 9.17) is 12.2 Å². The minimum absolute atomic E-state index is 0.223.